The number of hydrogen-bond acceptors (Lipinski definition) is 2. The quantitative estimate of drug-likeness (QED) is 0.554. The van der Waals surface area contributed by atoms with E-state index in [1.807, 2.05) is 84.9 Å². The third kappa shape index (κ3) is 2.57. The number of fused-ring (bicyclic) bond motifs is 1. The Bertz CT molecular complexity index is 988. The van der Waals surface area contributed by atoms with Gasteiger partial charge in [0.2, 0.25) is 0 Å². The third-order valence-electron chi connectivity index (χ3n) is 3.89. The second-order valence-electron chi connectivity index (χ2n) is 5.49. The first-order valence-corrected chi connectivity index (χ1v) is 7.76. The molecule has 1 N–H and O–H groups in total. The van der Waals surface area contributed by atoms with Crippen LogP contribution in [0.3, 0.4) is 0 Å². The summed E-state index contributed by atoms with van der Waals surface area (Å²) >= 11 is 0. The van der Waals surface area contributed by atoms with Gasteiger partial charge in [0.05, 0.1) is 5.56 Å². The molecule has 24 heavy (non-hydrogen) atoms. The summed E-state index contributed by atoms with van der Waals surface area (Å²) in [5.41, 5.74) is 2.90. The fraction of sp³-hybridized carbons (Fsp3) is 0. The first-order valence-electron chi connectivity index (χ1n) is 7.76. The van der Waals surface area contributed by atoms with Gasteiger partial charge in [0.25, 0.3) is 5.91 Å². The Labute approximate surface area is 139 Å². The highest BCUT2D eigenvalue weighted by molar-refractivity contribution is 6.16. The lowest BCUT2D eigenvalue weighted by Gasteiger charge is -2.06. The molecular formula is C21H15NO2. The fourth-order valence-electron chi connectivity index (χ4n) is 2.78. The average molecular weight is 313 g/mol. The van der Waals surface area contributed by atoms with Crippen molar-refractivity contribution in [3.05, 3.63) is 90.5 Å². The van der Waals surface area contributed by atoms with E-state index in [0.717, 1.165) is 16.6 Å². The van der Waals surface area contributed by atoms with E-state index < -0.39 is 0 Å². The molecule has 0 atom stereocenters. The second-order valence-corrected chi connectivity index (χ2v) is 5.49. The number of carbonyl (C=O) groups is 1. The number of amides is 1. The van der Waals surface area contributed by atoms with Crippen LogP contribution >= 0.6 is 0 Å². The molecule has 0 spiro atoms. The molecule has 0 unspecified atom stereocenters. The zero-order valence-electron chi connectivity index (χ0n) is 12.9. The van der Waals surface area contributed by atoms with E-state index in [4.69, 9.17) is 4.42 Å². The predicted octanol–water partition coefficient (Wildman–Crippen LogP) is 5.35. The van der Waals surface area contributed by atoms with Gasteiger partial charge in [0.1, 0.15) is 11.3 Å². The van der Waals surface area contributed by atoms with Crippen molar-refractivity contribution in [2.75, 3.05) is 5.32 Å². The van der Waals surface area contributed by atoms with Gasteiger partial charge in [0, 0.05) is 16.6 Å². The molecule has 3 nitrogen and oxygen atoms in total. The highest BCUT2D eigenvalue weighted by Gasteiger charge is 2.21. The van der Waals surface area contributed by atoms with Crippen LogP contribution in [0.5, 0.6) is 0 Å². The van der Waals surface area contributed by atoms with E-state index in [0.29, 0.717) is 16.9 Å². The summed E-state index contributed by atoms with van der Waals surface area (Å²) < 4.78 is 5.98. The summed E-state index contributed by atoms with van der Waals surface area (Å²) in [5, 5.41) is 3.76. The van der Waals surface area contributed by atoms with Gasteiger partial charge >= 0.3 is 0 Å². The Morgan fingerprint density at radius 2 is 1.38 bits per heavy atom. The molecule has 1 aromatic heterocycles. The number of para-hydroxylation sites is 2. The van der Waals surface area contributed by atoms with Crippen LogP contribution in [0.25, 0.3) is 22.3 Å². The van der Waals surface area contributed by atoms with Gasteiger partial charge in [-0.3, -0.25) is 4.79 Å². The number of rotatable bonds is 3. The van der Waals surface area contributed by atoms with Gasteiger partial charge in [0.15, 0.2) is 0 Å². The molecular weight excluding hydrogens is 298 g/mol. The Morgan fingerprint density at radius 1 is 0.750 bits per heavy atom. The lowest BCUT2D eigenvalue weighted by atomic mass is 10.0. The van der Waals surface area contributed by atoms with Crippen molar-refractivity contribution in [3.8, 4) is 11.3 Å². The number of anilines is 1. The largest absolute Gasteiger partial charge is 0.455 e. The van der Waals surface area contributed by atoms with E-state index >= 15 is 0 Å². The van der Waals surface area contributed by atoms with Crippen LogP contribution in [-0.4, -0.2) is 5.91 Å². The maximum atomic E-state index is 12.9. The van der Waals surface area contributed by atoms with Crippen molar-refractivity contribution >= 4 is 22.6 Å². The number of furan rings is 1. The van der Waals surface area contributed by atoms with Crippen LogP contribution < -0.4 is 5.32 Å². The van der Waals surface area contributed by atoms with Crippen molar-refractivity contribution in [1.29, 1.82) is 0 Å². The number of nitrogens with one attached hydrogen (secondary N) is 1. The Morgan fingerprint density at radius 3 is 2.12 bits per heavy atom. The van der Waals surface area contributed by atoms with Gasteiger partial charge in [-0.25, -0.2) is 0 Å². The fourth-order valence-corrected chi connectivity index (χ4v) is 2.78. The summed E-state index contributed by atoms with van der Waals surface area (Å²) in [6, 6.07) is 26.7. The zero-order valence-corrected chi connectivity index (χ0v) is 12.9. The predicted molar refractivity (Wildman–Crippen MR) is 96.0 cm³/mol. The normalized spacial score (nSPS) is 10.7. The zero-order chi connectivity index (χ0) is 16.4. The van der Waals surface area contributed by atoms with Crippen molar-refractivity contribution in [1.82, 2.24) is 0 Å². The van der Waals surface area contributed by atoms with E-state index in [1.54, 1.807) is 0 Å². The minimum absolute atomic E-state index is 0.176. The smallest absolute Gasteiger partial charge is 0.260 e. The summed E-state index contributed by atoms with van der Waals surface area (Å²) in [6.45, 7) is 0. The number of carbonyl (C=O) groups excluding carboxylic acids is 1. The van der Waals surface area contributed by atoms with Crippen LogP contribution in [-0.2, 0) is 0 Å². The summed E-state index contributed by atoms with van der Waals surface area (Å²) in [4.78, 5) is 12.9. The molecule has 0 saturated heterocycles. The molecule has 116 valence electrons. The summed E-state index contributed by atoms with van der Waals surface area (Å²) in [7, 11) is 0. The molecule has 0 saturated carbocycles. The van der Waals surface area contributed by atoms with Crippen molar-refractivity contribution in [2.24, 2.45) is 0 Å². The number of benzene rings is 3. The third-order valence-corrected chi connectivity index (χ3v) is 3.89. The maximum absolute atomic E-state index is 12.9. The van der Waals surface area contributed by atoms with Crippen molar-refractivity contribution in [3.63, 3.8) is 0 Å². The monoisotopic (exact) mass is 313 g/mol. The van der Waals surface area contributed by atoms with Crippen LogP contribution in [0.2, 0.25) is 0 Å². The lowest BCUT2D eigenvalue weighted by Crippen LogP contribution is -2.12. The van der Waals surface area contributed by atoms with Gasteiger partial charge in [-0.05, 0) is 18.2 Å². The standard InChI is InChI=1S/C21H15NO2/c23-21(22-16-11-5-2-6-12-16)19-17-13-7-8-14-18(17)24-20(19)15-9-3-1-4-10-15/h1-14H,(H,22,23). The highest BCUT2D eigenvalue weighted by Crippen LogP contribution is 2.34. The van der Waals surface area contributed by atoms with Crippen LogP contribution in [0, 0.1) is 0 Å². The molecule has 3 heteroatoms. The first kappa shape index (κ1) is 14.3. The number of hydrogen-bond donors (Lipinski definition) is 1. The maximum Gasteiger partial charge on any atom is 0.260 e. The minimum atomic E-state index is -0.176. The molecule has 0 fully saturated rings. The molecule has 0 bridgehead atoms. The van der Waals surface area contributed by atoms with Gasteiger partial charge in [-0.2, -0.15) is 0 Å². The molecule has 4 rings (SSSR count). The van der Waals surface area contributed by atoms with Gasteiger partial charge in [-0.15, -0.1) is 0 Å². The molecule has 0 aliphatic rings. The van der Waals surface area contributed by atoms with Crippen molar-refractivity contribution in [2.45, 2.75) is 0 Å². The second kappa shape index (κ2) is 6.05. The van der Waals surface area contributed by atoms with Crippen molar-refractivity contribution < 1.29 is 9.21 Å². The minimum Gasteiger partial charge on any atom is -0.455 e. The van der Waals surface area contributed by atoms with Crippen LogP contribution in [0.1, 0.15) is 10.4 Å². The Kier molecular flexibility index (Phi) is 3.60. The lowest BCUT2D eigenvalue weighted by molar-refractivity contribution is 0.102. The van der Waals surface area contributed by atoms with Crippen LogP contribution in [0.15, 0.2) is 89.3 Å². The van der Waals surface area contributed by atoms with E-state index in [-0.39, 0.29) is 5.91 Å². The topological polar surface area (TPSA) is 42.2 Å². The van der Waals surface area contributed by atoms with Crippen LogP contribution in [0.4, 0.5) is 5.69 Å². The SMILES string of the molecule is O=C(Nc1ccccc1)c1c(-c2ccccc2)oc2ccccc12. The van der Waals surface area contributed by atoms with Gasteiger partial charge < -0.3 is 9.73 Å². The van der Waals surface area contributed by atoms with E-state index in [1.165, 1.54) is 0 Å². The molecule has 4 aromatic rings. The first-order chi connectivity index (χ1) is 11.8. The molecule has 3 aromatic carbocycles. The summed E-state index contributed by atoms with van der Waals surface area (Å²) in [6.07, 6.45) is 0. The van der Waals surface area contributed by atoms with E-state index in [9.17, 15) is 4.79 Å². The Balaban J connectivity index is 1.85. The van der Waals surface area contributed by atoms with E-state index in [2.05, 4.69) is 5.32 Å². The summed E-state index contributed by atoms with van der Waals surface area (Å²) in [5.74, 6) is 0.412. The molecule has 0 radical (unpaired) electrons. The molecule has 0 aliphatic carbocycles. The van der Waals surface area contributed by atoms with Gasteiger partial charge in [-0.1, -0.05) is 66.7 Å². The molecule has 0 aliphatic heterocycles. The molecule has 1 heterocycles. The average Bonchev–Trinajstić information content (AvgIpc) is 3.03. The Hall–Kier alpha value is -3.33. The molecule has 1 amide bonds. The highest BCUT2D eigenvalue weighted by atomic mass is 16.3.